The number of carbonyl (C=O) groups excluding carboxylic acids is 5. The van der Waals surface area contributed by atoms with Crippen LogP contribution in [0.3, 0.4) is 0 Å². The highest BCUT2D eigenvalue weighted by Crippen LogP contribution is 2.35. The van der Waals surface area contributed by atoms with E-state index >= 15 is 0 Å². The van der Waals surface area contributed by atoms with Gasteiger partial charge in [-0.05, 0) is 24.6 Å². The monoisotopic (exact) mass is 597 g/mol. The molecule has 14 heteroatoms. The first kappa shape index (κ1) is 34.3. The number of hydrogen-bond donors (Lipinski definition) is 1. The maximum absolute atomic E-state index is 12.6. The van der Waals surface area contributed by atoms with E-state index in [0.717, 1.165) is 33.6 Å². The Bertz CT molecular complexity index is 1090. The molecule has 234 valence electrons. The molecule has 1 fully saturated rings. The van der Waals surface area contributed by atoms with Gasteiger partial charge < -0.3 is 43.2 Å². The molecular formula is C28H39NO13. The molecule has 0 aromatic heterocycles. The predicted octanol–water partition coefficient (Wildman–Crippen LogP) is 1.70. The Kier molecular flexibility index (Phi) is 14.0. The van der Waals surface area contributed by atoms with E-state index in [-0.39, 0.29) is 23.0 Å². The fourth-order valence-electron chi connectivity index (χ4n) is 4.00. The molecule has 0 bridgehead atoms. The van der Waals surface area contributed by atoms with Gasteiger partial charge in [0.1, 0.15) is 12.7 Å². The lowest BCUT2D eigenvalue weighted by atomic mass is 9.98. The summed E-state index contributed by atoms with van der Waals surface area (Å²) in [5.74, 6) is -3.10. The molecule has 0 saturated carbocycles. The minimum atomic E-state index is -1.46. The lowest BCUT2D eigenvalue weighted by Gasteiger charge is -2.44. The largest absolute Gasteiger partial charge is 0.493 e. The van der Waals surface area contributed by atoms with Crippen LogP contribution in [-0.2, 0) is 47.6 Å². The average Bonchev–Trinajstić information content (AvgIpc) is 2.92. The summed E-state index contributed by atoms with van der Waals surface area (Å²) in [5, 5.41) is 2.76. The number of hydrogen-bond acceptors (Lipinski definition) is 13. The fraction of sp³-hybridized carbons (Fsp3) is 0.607. The normalized spacial score (nSPS) is 21.4. The van der Waals surface area contributed by atoms with Gasteiger partial charge in [-0.1, -0.05) is 13.3 Å². The maximum Gasteiger partial charge on any atom is 0.303 e. The van der Waals surface area contributed by atoms with E-state index in [1.807, 2.05) is 0 Å². The van der Waals surface area contributed by atoms with Crippen molar-refractivity contribution >= 4 is 29.8 Å². The summed E-state index contributed by atoms with van der Waals surface area (Å²) in [7, 11) is 1.36. The van der Waals surface area contributed by atoms with Crippen molar-refractivity contribution in [2.24, 2.45) is 0 Å². The Morgan fingerprint density at radius 1 is 0.833 bits per heavy atom. The summed E-state index contributed by atoms with van der Waals surface area (Å²) in [5.41, 5.74) is 0.273. The number of methoxy groups -OCH3 is 1. The first-order valence-corrected chi connectivity index (χ1v) is 13.5. The van der Waals surface area contributed by atoms with E-state index < -0.39 is 61.2 Å². The van der Waals surface area contributed by atoms with E-state index in [4.69, 9.17) is 37.9 Å². The molecule has 1 unspecified atom stereocenters. The number of unbranched alkanes of at least 4 members (excludes halogenated alkanes) is 1. The van der Waals surface area contributed by atoms with Gasteiger partial charge in [-0.25, -0.2) is 0 Å². The standard InChI is InChI=1S/C28H39NO13/c1-7-8-12-36-13-11-29-27(34)20-9-10-21(22(14-20)35-6)41-28-26(40-19(5)33)25(39-18(4)32)24(38-17(3)31)23(42-28)15-37-16(2)30/h9-10,14,23-26,28H,7-8,11-13,15H2,1-6H3,(H,29,34)/t23-,24+,25+,26+,28?/m1/s1. The molecular weight excluding hydrogens is 558 g/mol. The van der Waals surface area contributed by atoms with Gasteiger partial charge in [0.2, 0.25) is 12.4 Å². The molecule has 0 radical (unpaired) electrons. The molecule has 1 aliphatic heterocycles. The molecule has 42 heavy (non-hydrogen) atoms. The van der Waals surface area contributed by atoms with Crippen LogP contribution in [0.5, 0.6) is 11.5 Å². The molecule has 2 rings (SSSR count). The zero-order chi connectivity index (χ0) is 31.2. The molecule has 1 N–H and O–H groups in total. The lowest BCUT2D eigenvalue weighted by molar-refractivity contribution is -0.288. The molecule has 1 aromatic rings. The zero-order valence-corrected chi connectivity index (χ0v) is 24.7. The van der Waals surface area contributed by atoms with Crippen LogP contribution < -0.4 is 14.8 Å². The first-order valence-electron chi connectivity index (χ1n) is 13.5. The average molecular weight is 598 g/mol. The Hall–Kier alpha value is -3.91. The van der Waals surface area contributed by atoms with E-state index in [1.54, 1.807) is 0 Å². The third-order valence-corrected chi connectivity index (χ3v) is 5.79. The Balaban J connectivity index is 2.34. The summed E-state index contributed by atoms with van der Waals surface area (Å²) in [4.78, 5) is 60.1. The number of amides is 1. The Labute approximate surface area is 244 Å². The van der Waals surface area contributed by atoms with E-state index in [0.29, 0.717) is 19.8 Å². The maximum atomic E-state index is 12.6. The highest BCUT2D eigenvalue weighted by atomic mass is 16.7. The highest BCUT2D eigenvalue weighted by Gasteiger charge is 2.53. The minimum Gasteiger partial charge on any atom is -0.493 e. The summed E-state index contributed by atoms with van der Waals surface area (Å²) in [6.07, 6.45) is -4.85. The molecule has 1 aliphatic rings. The number of carbonyl (C=O) groups is 5. The molecule has 0 aliphatic carbocycles. The first-order chi connectivity index (χ1) is 20.0. The summed E-state index contributed by atoms with van der Waals surface area (Å²) in [6.45, 7) is 7.48. The second kappa shape index (κ2) is 17.1. The van der Waals surface area contributed by atoms with Crippen LogP contribution in [-0.4, -0.2) is 94.0 Å². The van der Waals surface area contributed by atoms with Crippen molar-refractivity contribution in [1.82, 2.24) is 5.32 Å². The summed E-state index contributed by atoms with van der Waals surface area (Å²) < 4.78 is 44.1. The zero-order valence-electron chi connectivity index (χ0n) is 24.7. The number of rotatable bonds is 15. The van der Waals surface area contributed by atoms with E-state index in [1.165, 1.54) is 32.2 Å². The second-order valence-electron chi connectivity index (χ2n) is 9.27. The summed E-state index contributed by atoms with van der Waals surface area (Å²) in [6, 6.07) is 4.37. The SMILES string of the molecule is CCCCOCCNC(=O)c1ccc(OC2O[C@H](COC(C)=O)[C@H](OC(C)=O)[C@H](OC(C)=O)[C@@H]2OC(C)=O)c(OC)c1. The van der Waals surface area contributed by atoms with Crippen LogP contribution >= 0.6 is 0 Å². The molecule has 1 heterocycles. The van der Waals surface area contributed by atoms with Crippen molar-refractivity contribution in [3.05, 3.63) is 23.8 Å². The van der Waals surface area contributed by atoms with Crippen molar-refractivity contribution in [3.8, 4) is 11.5 Å². The molecule has 1 saturated heterocycles. The number of benzene rings is 1. The van der Waals surface area contributed by atoms with Gasteiger partial charge in [0, 0.05) is 46.4 Å². The van der Waals surface area contributed by atoms with Gasteiger partial charge in [-0.15, -0.1) is 0 Å². The van der Waals surface area contributed by atoms with Gasteiger partial charge in [0.05, 0.1) is 13.7 Å². The van der Waals surface area contributed by atoms with Gasteiger partial charge in [0.15, 0.2) is 23.7 Å². The van der Waals surface area contributed by atoms with Gasteiger partial charge in [-0.2, -0.15) is 0 Å². The number of esters is 4. The second-order valence-corrected chi connectivity index (χ2v) is 9.27. The smallest absolute Gasteiger partial charge is 0.303 e. The molecule has 5 atom stereocenters. The fourth-order valence-corrected chi connectivity index (χ4v) is 4.00. The summed E-state index contributed by atoms with van der Waals surface area (Å²) >= 11 is 0. The number of ether oxygens (including phenoxy) is 8. The van der Waals surface area contributed by atoms with Crippen LogP contribution in [0.1, 0.15) is 57.8 Å². The van der Waals surface area contributed by atoms with Gasteiger partial charge in [0.25, 0.3) is 5.91 Å². The Morgan fingerprint density at radius 2 is 1.48 bits per heavy atom. The van der Waals surface area contributed by atoms with Crippen molar-refractivity contribution in [2.75, 3.05) is 33.5 Å². The third-order valence-electron chi connectivity index (χ3n) is 5.79. The van der Waals surface area contributed by atoms with E-state index in [9.17, 15) is 24.0 Å². The van der Waals surface area contributed by atoms with Crippen LogP contribution in [0.2, 0.25) is 0 Å². The minimum absolute atomic E-state index is 0.0813. The quantitative estimate of drug-likeness (QED) is 0.176. The Morgan fingerprint density at radius 3 is 2.07 bits per heavy atom. The molecule has 14 nitrogen and oxygen atoms in total. The van der Waals surface area contributed by atoms with Crippen LogP contribution in [0, 0.1) is 0 Å². The van der Waals surface area contributed by atoms with Crippen molar-refractivity contribution in [2.45, 2.75) is 78.2 Å². The predicted molar refractivity (Wildman–Crippen MR) is 144 cm³/mol. The number of nitrogens with one attached hydrogen (secondary N) is 1. The van der Waals surface area contributed by atoms with Crippen LogP contribution in [0.25, 0.3) is 0 Å². The highest BCUT2D eigenvalue weighted by molar-refractivity contribution is 5.94. The van der Waals surface area contributed by atoms with Crippen molar-refractivity contribution < 1.29 is 61.9 Å². The molecule has 0 spiro atoms. The van der Waals surface area contributed by atoms with Gasteiger partial charge in [-0.3, -0.25) is 24.0 Å². The van der Waals surface area contributed by atoms with Gasteiger partial charge >= 0.3 is 23.9 Å². The third kappa shape index (κ3) is 10.8. The molecule has 1 aromatic carbocycles. The lowest BCUT2D eigenvalue weighted by Crippen LogP contribution is -2.63. The molecule has 1 amide bonds. The van der Waals surface area contributed by atoms with Crippen LogP contribution in [0.15, 0.2) is 18.2 Å². The van der Waals surface area contributed by atoms with Crippen LogP contribution in [0.4, 0.5) is 0 Å². The van der Waals surface area contributed by atoms with Crippen molar-refractivity contribution in [1.29, 1.82) is 0 Å². The topological polar surface area (TPSA) is 171 Å². The van der Waals surface area contributed by atoms with E-state index in [2.05, 4.69) is 12.2 Å². The van der Waals surface area contributed by atoms with Crippen molar-refractivity contribution in [3.63, 3.8) is 0 Å².